The topological polar surface area (TPSA) is 49.9 Å². The van der Waals surface area contributed by atoms with E-state index in [-0.39, 0.29) is 4.90 Å². The molecule has 3 rings (SSSR count). The lowest BCUT2D eigenvalue weighted by Gasteiger charge is -2.33. The van der Waals surface area contributed by atoms with Crippen LogP contribution in [0.1, 0.15) is 12.0 Å². The molecule has 0 saturated carbocycles. The van der Waals surface area contributed by atoms with Crippen LogP contribution < -0.4 is 0 Å². The van der Waals surface area contributed by atoms with E-state index in [1.807, 2.05) is 18.2 Å². The van der Waals surface area contributed by atoms with Gasteiger partial charge in [0.15, 0.2) is 0 Å². The summed E-state index contributed by atoms with van der Waals surface area (Å²) >= 11 is 0. The highest BCUT2D eigenvalue weighted by atomic mass is 32.2. The standard InChI is InChI=1S/C21H27FN2O3S/c22-20-7-9-21(10-8-20)28(25,26)24-15-13-23(14-16-24)12-4-17-27-18-11-19-5-2-1-3-6-19/h1-3,5-10H,4,11-18H2. The Morgan fingerprint density at radius 1 is 0.893 bits per heavy atom. The van der Waals surface area contributed by atoms with Gasteiger partial charge in [0.1, 0.15) is 5.82 Å². The van der Waals surface area contributed by atoms with Gasteiger partial charge in [0.25, 0.3) is 0 Å². The molecule has 0 bridgehead atoms. The number of ether oxygens (including phenoxy) is 1. The normalized spacial score (nSPS) is 16.3. The van der Waals surface area contributed by atoms with E-state index in [1.54, 1.807) is 0 Å². The number of nitrogens with zero attached hydrogens (tertiary/aromatic N) is 2. The fourth-order valence-electron chi connectivity index (χ4n) is 3.28. The van der Waals surface area contributed by atoms with E-state index in [0.717, 1.165) is 19.4 Å². The molecule has 1 fully saturated rings. The van der Waals surface area contributed by atoms with E-state index in [4.69, 9.17) is 4.74 Å². The van der Waals surface area contributed by atoms with Gasteiger partial charge in [-0.3, -0.25) is 0 Å². The predicted molar refractivity (Wildman–Crippen MR) is 107 cm³/mol. The van der Waals surface area contributed by atoms with Crippen molar-refractivity contribution in [2.45, 2.75) is 17.7 Å². The van der Waals surface area contributed by atoms with Crippen molar-refractivity contribution in [1.29, 1.82) is 0 Å². The van der Waals surface area contributed by atoms with Gasteiger partial charge in [0.05, 0.1) is 11.5 Å². The molecule has 0 aliphatic carbocycles. The molecule has 0 atom stereocenters. The molecular weight excluding hydrogens is 379 g/mol. The maximum atomic E-state index is 13.0. The average molecular weight is 407 g/mol. The van der Waals surface area contributed by atoms with E-state index in [2.05, 4.69) is 17.0 Å². The number of rotatable bonds is 9. The van der Waals surface area contributed by atoms with Crippen LogP contribution in [0.2, 0.25) is 0 Å². The summed E-state index contributed by atoms with van der Waals surface area (Å²) in [5.41, 5.74) is 1.28. The second-order valence-electron chi connectivity index (χ2n) is 6.90. The molecule has 0 unspecified atom stereocenters. The Morgan fingerprint density at radius 3 is 2.25 bits per heavy atom. The summed E-state index contributed by atoms with van der Waals surface area (Å²) in [5, 5.41) is 0. The zero-order valence-corrected chi connectivity index (χ0v) is 16.8. The van der Waals surface area contributed by atoms with Crippen molar-refractivity contribution in [3.63, 3.8) is 0 Å². The van der Waals surface area contributed by atoms with Gasteiger partial charge in [-0.15, -0.1) is 0 Å². The molecule has 28 heavy (non-hydrogen) atoms. The molecule has 0 aromatic heterocycles. The van der Waals surface area contributed by atoms with Crippen molar-refractivity contribution < 1.29 is 17.5 Å². The first-order chi connectivity index (χ1) is 13.6. The number of benzene rings is 2. The summed E-state index contributed by atoms with van der Waals surface area (Å²) in [6, 6.07) is 15.3. The third kappa shape index (κ3) is 5.85. The Kier molecular flexibility index (Phi) is 7.56. The van der Waals surface area contributed by atoms with Gasteiger partial charge in [-0.2, -0.15) is 4.31 Å². The van der Waals surface area contributed by atoms with Gasteiger partial charge >= 0.3 is 0 Å². The highest BCUT2D eigenvalue weighted by Gasteiger charge is 2.28. The number of halogens is 1. The largest absolute Gasteiger partial charge is 0.381 e. The van der Waals surface area contributed by atoms with Crippen LogP contribution >= 0.6 is 0 Å². The van der Waals surface area contributed by atoms with Crippen molar-refractivity contribution in [2.75, 3.05) is 45.9 Å². The first-order valence-electron chi connectivity index (χ1n) is 9.65. The number of piperazine rings is 1. The smallest absolute Gasteiger partial charge is 0.243 e. The minimum Gasteiger partial charge on any atom is -0.381 e. The molecule has 152 valence electrons. The fourth-order valence-corrected chi connectivity index (χ4v) is 4.70. The quantitative estimate of drug-likeness (QED) is 0.601. The lowest BCUT2D eigenvalue weighted by Crippen LogP contribution is -2.48. The summed E-state index contributed by atoms with van der Waals surface area (Å²) < 4.78 is 45.5. The summed E-state index contributed by atoms with van der Waals surface area (Å²) in [6.45, 7) is 4.63. The van der Waals surface area contributed by atoms with Gasteiger partial charge in [-0.05, 0) is 42.7 Å². The monoisotopic (exact) mass is 406 g/mol. The van der Waals surface area contributed by atoms with Crippen LogP contribution in [0.4, 0.5) is 4.39 Å². The first kappa shape index (κ1) is 20.9. The minimum absolute atomic E-state index is 0.147. The number of hydrogen-bond donors (Lipinski definition) is 0. The van der Waals surface area contributed by atoms with Crippen molar-refractivity contribution in [2.24, 2.45) is 0 Å². The van der Waals surface area contributed by atoms with Crippen LogP contribution in [0.5, 0.6) is 0 Å². The molecule has 1 saturated heterocycles. The molecule has 0 N–H and O–H groups in total. The molecule has 2 aromatic rings. The zero-order chi connectivity index (χ0) is 19.8. The average Bonchev–Trinajstić information content (AvgIpc) is 2.72. The summed E-state index contributed by atoms with van der Waals surface area (Å²) in [4.78, 5) is 2.41. The van der Waals surface area contributed by atoms with Gasteiger partial charge in [-0.25, -0.2) is 12.8 Å². The van der Waals surface area contributed by atoms with Crippen molar-refractivity contribution in [1.82, 2.24) is 9.21 Å². The summed E-state index contributed by atoms with van der Waals surface area (Å²) in [6.07, 6.45) is 1.85. The van der Waals surface area contributed by atoms with Gasteiger partial charge in [-0.1, -0.05) is 30.3 Å². The van der Waals surface area contributed by atoms with E-state index in [0.29, 0.717) is 39.4 Å². The first-order valence-corrected chi connectivity index (χ1v) is 11.1. The molecule has 5 nitrogen and oxygen atoms in total. The van der Waals surface area contributed by atoms with E-state index < -0.39 is 15.8 Å². The highest BCUT2D eigenvalue weighted by molar-refractivity contribution is 7.89. The predicted octanol–water partition coefficient (Wildman–Crippen LogP) is 2.78. The Hall–Kier alpha value is -1.80. The van der Waals surface area contributed by atoms with Crippen LogP contribution in [-0.2, 0) is 21.2 Å². The molecule has 1 aliphatic rings. The molecule has 0 amide bonds. The molecular formula is C21H27FN2O3S. The van der Waals surface area contributed by atoms with E-state index >= 15 is 0 Å². The van der Waals surface area contributed by atoms with Gasteiger partial charge in [0.2, 0.25) is 10.0 Å². The number of hydrogen-bond acceptors (Lipinski definition) is 4. The zero-order valence-electron chi connectivity index (χ0n) is 16.0. The molecule has 1 heterocycles. The third-order valence-electron chi connectivity index (χ3n) is 4.92. The Bertz CT molecular complexity index is 820. The van der Waals surface area contributed by atoms with Crippen LogP contribution in [0.15, 0.2) is 59.5 Å². The molecule has 0 spiro atoms. The molecule has 2 aromatic carbocycles. The van der Waals surface area contributed by atoms with E-state index in [1.165, 1.54) is 34.1 Å². The van der Waals surface area contributed by atoms with Gasteiger partial charge < -0.3 is 9.64 Å². The van der Waals surface area contributed by atoms with Gasteiger partial charge in [0, 0.05) is 39.3 Å². The Balaban J connectivity index is 1.33. The van der Waals surface area contributed by atoms with Crippen molar-refractivity contribution in [3.8, 4) is 0 Å². The lowest BCUT2D eigenvalue weighted by molar-refractivity contribution is 0.115. The molecule has 1 aliphatic heterocycles. The SMILES string of the molecule is O=S(=O)(c1ccc(F)cc1)N1CCN(CCCOCCc2ccccc2)CC1. The fraction of sp³-hybridized carbons (Fsp3) is 0.429. The Morgan fingerprint density at radius 2 is 1.57 bits per heavy atom. The number of sulfonamides is 1. The molecule has 7 heteroatoms. The van der Waals surface area contributed by atoms with Crippen LogP contribution in [0, 0.1) is 5.82 Å². The lowest BCUT2D eigenvalue weighted by atomic mass is 10.2. The summed E-state index contributed by atoms with van der Waals surface area (Å²) in [5.74, 6) is -0.435. The summed E-state index contributed by atoms with van der Waals surface area (Å²) in [7, 11) is -3.55. The maximum Gasteiger partial charge on any atom is 0.243 e. The maximum absolute atomic E-state index is 13.0. The van der Waals surface area contributed by atoms with Crippen LogP contribution in [0.3, 0.4) is 0 Å². The highest BCUT2D eigenvalue weighted by Crippen LogP contribution is 2.18. The second-order valence-corrected chi connectivity index (χ2v) is 8.84. The van der Waals surface area contributed by atoms with E-state index in [9.17, 15) is 12.8 Å². The van der Waals surface area contributed by atoms with Crippen molar-refractivity contribution >= 4 is 10.0 Å². The van der Waals surface area contributed by atoms with Crippen LogP contribution in [-0.4, -0.2) is 63.6 Å². The third-order valence-corrected chi connectivity index (χ3v) is 6.84. The van der Waals surface area contributed by atoms with Crippen molar-refractivity contribution in [3.05, 3.63) is 66.0 Å². The molecule has 0 radical (unpaired) electrons. The van der Waals surface area contributed by atoms with Crippen LogP contribution in [0.25, 0.3) is 0 Å². The Labute approximate surface area is 166 Å². The second kappa shape index (κ2) is 10.1. The minimum atomic E-state index is -3.55.